The summed E-state index contributed by atoms with van der Waals surface area (Å²) in [6, 6.07) is 5.63. The Hall–Kier alpha value is -1.29. The molecule has 96 valence electrons. The number of amides is 1. The molecule has 0 aliphatic carbocycles. The first-order valence-corrected chi connectivity index (χ1v) is 7.23. The maximum Gasteiger partial charge on any atom is 0.299 e. The van der Waals surface area contributed by atoms with Crippen molar-refractivity contribution in [2.45, 2.75) is 31.1 Å². The molecule has 4 heteroatoms. The Balaban J connectivity index is 2.09. The van der Waals surface area contributed by atoms with Crippen molar-refractivity contribution in [2.75, 3.05) is 17.7 Å². The van der Waals surface area contributed by atoms with E-state index in [2.05, 4.69) is 6.92 Å². The quantitative estimate of drug-likeness (QED) is 0.465. The molecule has 0 saturated heterocycles. The maximum absolute atomic E-state index is 11.6. The van der Waals surface area contributed by atoms with Crippen molar-refractivity contribution >= 4 is 29.1 Å². The molecular formula is C14H17NO2S. The number of hydrogen-bond acceptors (Lipinski definition) is 3. The average molecular weight is 263 g/mol. The van der Waals surface area contributed by atoms with E-state index in [-0.39, 0.29) is 0 Å². The van der Waals surface area contributed by atoms with Crippen LogP contribution in [0.1, 0.15) is 36.5 Å². The van der Waals surface area contributed by atoms with E-state index in [0.29, 0.717) is 5.56 Å². The number of ketones is 1. The lowest BCUT2D eigenvalue weighted by Gasteiger charge is -2.10. The first-order valence-electron chi connectivity index (χ1n) is 6.24. The molecule has 0 saturated carbocycles. The third kappa shape index (κ3) is 2.43. The fourth-order valence-electron chi connectivity index (χ4n) is 1.99. The van der Waals surface area contributed by atoms with Crippen molar-refractivity contribution in [1.29, 1.82) is 0 Å². The van der Waals surface area contributed by atoms with E-state index in [9.17, 15) is 9.59 Å². The van der Waals surface area contributed by atoms with Gasteiger partial charge in [0.25, 0.3) is 11.7 Å². The topological polar surface area (TPSA) is 37.4 Å². The van der Waals surface area contributed by atoms with E-state index >= 15 is 0 Å². The monoisotopic (exact) mass is 263 g/mol. The fourth-order valence-corrected chi connectivity index (χ4v) is 2.93. The van der Waals surface area contributed by atoms with Crippen LogP contribution in [0.15, 0.2) is 23.1 Å². The summed E-state index contributed by atoms with van der Waals surface area (Å²) in [5.74, 6) is 0.256. The highest BCUT2D eigenvalue weighted by atomic mass is 32.2. The molecule has 0 unspecified atom stereocenters. The summed E-state index contributed by atoms with van der Waals surface area (Å²) < 4.78 is 0. The Kier molecular flexibility index (Phi) is 4.07. The van der Waals surface area contributed by atoms with Gasteiger partial charge in [-0.25, -0.2) is 0 Å². The second-order valence-electron chi connectivity index (χ2n) is 4.43. The highest BCUT2D eigenvalue weighted by molar-refractivity contribution is 7.99. The van der Waals surface area contributed by atoms with Crippen molar-refractivity contribution in [3.63, 3.8) is 0 Å². The lowest BCUT2D eigenvalue weighted by molar-refractivity contribution is -0.114. The summed E-state index contributed by atoms with van der Waals surface area (Å²) >= 11 is 1.78. The molecule has 1 amide bonds. The average Bonchev–Trinajstić information content (AvgIpc) is 2.60. The van der Waals surface area contributed by atoms with Gasteiger partial charge in [-0.2, -0.15) is 0 Å². The molecule has 1 aromatic rings. The number of carbonyl (C=O) groups excluding carboxylic acids is 2. The van der Waals surface area contributed by atoms with Crippen LogP contribution >= 0.6 is 11.8 Å². The summed E-state index contributed by atoms with van der Waals surface area (Å²) in [7, 11) is 1.65. The van der Waals surface area contributed by atoms with E-state index in [1.54, 1.807) is 24.9 Å². The normalized spacial score (nSPS) is 14.2. The SMILES string of the molecule is CCCCCSc1ccc2c(c1)N(C)C(=O)C2=O. The highest BCUT2D eigenvalue weighted by Gasteiger charge is 2.33. The van der Waals surface area contributed by atoms with Crippen molar-refractivity contribution < 1.29 is 9.59 Å². The van der Waals surface area contributed by atoms with Crippen LogP contribution in [0.25, 0.3) is 0 Å². The lowest BCUT2D eigenvalue weighted by atomic mass is 10.1. The number of anilines is 1. The van der Waals surface area contributed by atoms with Gasteiger partial charge in [0.1, 0.15) is 0 Å². The van der Waals surface area contributed by atoms with Gasteiger partial charge < -0.3 is 4.90 Å². The van der Waals surface area contributed by atoms with Crippen molar-refractivity contribution in [2.24, 2.45) is 0 Å². The van der Waals surface area contributed by atoms with Gasteiger partial charge in [0.2, 0.25) is 0 Å². The number of hydrogen-bond donors (Lipinski definition) is 0. The molecule has 0 aromatic heterocycles. The van der Waals surface area contributed by atoms with E-state index in [0.717, 1.165) is 16.3 Å². The molecule has 0 N–H and O–H groups in total. The van der Waals surface area contributed by atoms with E-state index in [4.69, 9.17) is 0 Å². The number of fused-ring (bicyclic) bond motifs is 1. The summed E-state index contributed by atoms with van der Waals surface area (Å²) in [6.45, 7) is 2.19. The van der Waals surface area contributed by atoms with Crippen LogP contribution in [0.3, 0.4) is 0 Å². The van der Waals surface area contributed by atoms with E-state index < -0.39 is 11.7 Å². The Morgan fingerprint density at radius 1 is 1.22 bits per heavy atom. The Morgan fingerprint density at radius 3 is 2.72 bits per heavy atom. The fraction of sp³-hybridized carbons (Fsp3) is 0.429. The number of Topliss-reactive ketones (excluding diaryl/α,β-unsaturated/α-hetero) is 1. The maximum atomic E-state index is 11.6. The van der Waals surface area contributed by atoms with Gasteiger partial charge in [-0.1, -0.05) is 19.8 Å². The van der Waals surface area contributed by atoms with Gasteiger partial charge in [-0.05, 0) is 30.4 Å². The molecule has 0 radical (unpaired) electrons. The molecule has 1 aromatic carbocycles. The zero-order valence-electron chi connectivity index (χ0n) is 10.7. The zero-order valence-corrected chi connectivity index (χ0v) is 11.5. The first-order chi connectivity index (χ1) is 8.65. The number of unbranched alkanes of at least 4 members (excludes halogenated alkanes) is 2. The minimum Gasteiger partial charge on any atom is -0.308 e. The second-order valence-corrected chi connectivity index (χ2v) is 5.60. The van der Waals surface area contributed by atoms with Crippen LogP contribution in [-0.2, 0) is 4.79 Å². The number of carbonyl (C=O) groups is 2. The van der Waals surface area contributed by atoms with Crippen LogP contribution in [-0.4, -0.2) is 24.5 Å². The molecule has 1 aliphatic rings. The highest BCUT2D eigenvalue weighted by Crippen LogP contribution is 2.32. The number of rotatable bonds is 5. The molecule has 0 bridgehead atoms. The Labute approximate surface area is 112 Å². The van der Waals surface area contributed by atoms with Crippen LogP contribution in [0.4, 0.5) is 5.69 Å². The number of likely N-dealkylation sites (N-methyl/N-ethyl adjacent to an activating group) is 1. The van der Waals surface area contributed by atoms with Crippen molar-refractivity contribution in [3.8, 4) is 0 Å². The van der Waals surface area contributed by atoms with Crippen molar-refractivity contribution in [1.82, 2.24) is 0 Å². The van der Waals surface area contributed by atoms with Crippen LogP contribution in [0.5, 0.6) is 0 Å². The molecule has 3 nitrogen and oxygen atoms in total. The van der Waals surface area contributed by atoms with Gasteiger partial charge >= 0.3 is 0 Å². The molecular weight excluding hydrogens is 246 g/mol. The predicted molar refractivity (Wildman–Crippen MR) is 74.4 cm³/mol. The first kappa shape index (κ1) is 13.1. The van der Waals surface area contributed by atoms with Crippen LogP contribution in [0.2, 0.25) is 0 Å². The molecule has 18 heavy (non-hydrogen) atoms. The minimum atomic E-state index is -0.432. The summed E-state index contributed by atoms with van der Waals surface area (Å²) in [5, 5.41) is 0. The van der Waals surface area contributed by atoms with E-state index in [1.807, 2.05) is 12.1 Å². The Bertz CT molecular complexity index is 485. The Morgan fingerprint density at radius 2 is 2.00 bits per heavy atom. The van der Waals surface area contributed by atoms with Crippen LogP contribution in [0, 0.1) is 0 Å². The zero-order chi connectivity index (χ0) is 13.1. The second kappa shape index (κ2) is 5.57. The van der Waals surface area contributed by atoms with Gasteiger partial charge in [0, 0.05) is 11.9 Å². The van der Waals surface area contributed by atoms with Gasteiger partial charge in [0.05, 0.1) is 11.3 Å². The third-order valence-electron chi connectivity index (χ3n) is 3.09. The molecule has 1 heterocycles. The molecule has 0 spiro atoms. The molecule has 0 fully saturated rings. The molecule has 2 rings (SSSR count). The summed E-state index contributed by atoms with van der Waals surface area (Å²) in [5.41, 5.74) is 1.27. The molecule has 1 aliphatic heterocycles. The van der Waals surface area contributed by atoms with Crippen LogP contribution < -0.4 is 4.90 Å². The minimum absolute atomic E-state index is 0.393. The van der Waals surface area contributed by atoms with Gasteiger partial charge in [-0.3, -0.25) is 9.59 Å². The number of thioether (sulfide) groups is 1. The standard InChI is InChI=1S/C14H17NO2S/c1-3-4-5-8-18-10-6-7-11-12(9-10)15(2)14(17)13(11)16/h6-7,9H,3-5,8H2,1-2H3. The number of nitrogens with zero attached hydrogens (tertiary/aromatic N) is 1. The smallest absolute Gasteiger partial charge is 0.299 e. The third-order valence-corrected chi connectivity index (χ3v) is 4.17. The summed E-state index contributed by atoms with van der Waals surface area (Å²) in [6.07, 6.45) is 3.66. The van der Waals surface area contributed by atoms with Gasteiger partial charge in [-0.15, -0.1) is 11.8 Å². The largest absolute Gasteiger partial charge is 0.308 e. The molecule has 0 atom stereocenters. The number of benzene rings is 1. The van der Waals surface area contributed by atoms with Crippen molar-refractivity contribution in [3.05, 3.63) is 23.8 Å². The van der Waals surface area contributed by atoms with Gasteiger partial charge in [0.15, 0.2) is 0 Å². The van der Waals surface area contributed by atoms with E-state index in [1.165, 1.54) is 24.2 Å². The lowest BCUT2D eigenvalue weighted by Crippen LogP contribution is -2.24. The predicted octanol–water partition coefficient (Wildman–Crippen LogP) is 3.13. The summed E-state index contributed by atoms with van der Waals surface area (Å²) in [4.78, 5) is 25.7.